The highest BCUT2D eigenvalue weighted by atomic mass is 19.1. The largest absolute Gasteiger partial charge is 0.397 e. The molecule has 0 heterocycles. The molecular formula is C15H23FN2. The summed E-state index contributed by atoms with van der Waals surface area (Å²) in [6.45, 7) is 1.79. The van der Waals surface area contributed by atoms with Crippen molar-refractivity contribution in [3.05, 3.63) is 23.5 Å². The molecular weight excluding hydrogens is 227 g/mol. The Labute approximate surface area is 109 Å². The van der Waals surface area contributed by atoms with Gasteiger partial charge in [-0.1, -0.05) is 25.7 Å². The van der Waals surface area contributed by atoms with Crippen LogP contribution in [0.25, 0.3) is 0 Å². The summed E-state index contributed by atoms with van der Waals surface area (Å²) in [5.41, 5.74) is 8.14. The van der Waals surface area contributed by atoms with Gasteiger partial charge in [0.15, 0.2) is 0 Å². The van der Waals surface area contributed by atoms with Crippen LogP contribution in [0.2, 0.25) is 0 Å². The van der Waals surface area contributed by atoms with E-state index in [1.54, 1.807) is 6.92 Å². The van der Waals surface area contributed by atoms with Crippen LogP contribution >= 0.6 is 0 Å². The molecule has 2 rings (SSSR count). The summed E-state index contributed by atoms with van der Waals surface area (Å²) in [5.74, 6) is -0.217. The molecule has 2 nitrogen and oxygen atoms in total. The molecule has 1 aliphatic rings. The number of halogens is 1. The van der Waals surface area contributed by atoms with Crippen molar-refractivity contribution in [2.45, 2.75) is 51.5 Å². The lowest BCUT2D eigenvalue weighted by atomic mass is 10.1. The average molecular weight is 250 g/mol. The van der Waals surface area contributed by atoms with Gasteiger partial charge in [-0.05, 0) is 37.5 Å². The van der Waals surface area contributed by atoms with Crippen molar-refractivity contribution < 1.29 is 4.39 Å². The van der Waals surface area contributed by atoms with E-state index in [1.807, 2.05) is 6.07 Å². The Bertz CT molecular complexity index is 409. The Morgan fingerprint density at radius 3 is 2.39 bits per heavy atom. The fraction of sp³-hybridized carbons (Fsp3) is 0.600. The minimum absolute atomic E-state index is 0.217. The Morgan fingerprint density at radius 2 is 1.78 bits per heavy atom. The van der Waals surface area contributed by atoms with E-state index in [1.165, 1.54) is 44.6 Å². The lowest BCUT2D eigenvalue weighted by molar-refractivity contribution is 0.552. The van der Waals surface area contributed by atoms with Gasteiger partial charge in [-0.25, -0.2) is 4.39 Å². The summed E-state index contributed by atoms with van der Waals surface area (Å²) < 4.78 is 13.4. The SMILES string of the molecule is Cc1cc(N(C)C2CCCCCC2)c(N)cc1F. The molecule has 0 aromatic heterocycles. The molecule has 2 N–H and O–H groups in total. The van der Waals surface area contributed by atoms with Crippen molar-refractivity contribution in [1.82, 2.24) is 0 Å². The normalized spacial score (nSPS) is 17.5. The standard InChI is InChI=1S/C15H23FN2/c1-11-9-15(14(17)10-13(11)16)18(2)12-7-5-3-4-6-8-12/h9-10,12H,3-8,17H2,1-2H3. The Kier molecular flexibility index (Phi) is 4.10. The number of nitrogens with zero attached hydrogens (tertiary/aromatic N) is 1. The van der Waals surface area contributed by atoms with Crippen LogP contribution in [-0.4, -0.2) is 13.1 Å². The molecule has 0 aliphatic heterocycles. The second kappa shape index (κ2) is 5.59. The molecule has 0 radical (unpaired) electrons. The maximum atomic E-state index is 13.4. The predicted octanol–water partition coefficient (Wildman–Crippen LogP) is 3.88. The van der Waals surface area contributed by atoms with Gasteiger partial charge in [-0.2, -0.15) is 0 Å². The number of rotatable bonds is 2. The quantitative estimate of drug-likeness (QED) is 0.637. The Hall–Kier alpha value is -1.25. The first-order valence-corrected chi connectivity index (χ1v) is 6.88. The molecule has 1 aromatic rings. The van der Waals surface area contributed by atoms with E-state index in [9.17, 15) is 4.39 Å². The van der Waals surface area contributed by atoms with Crippen LogP contribution in [0.15, 0.2) is 12.1 Å². The van der Waals surface area contributed by atoms with Crippen LogP contribution in [0.4, 0.5) is 15.8 Å². The maximum Gasteiger partial charge on any atom is 0.128 e. The molecule has 0 atom stereocenters. The van der Waals surface area contributed by atoms with Gasteiger partial charge < -0.3 is 10.6 Å². The molecule has 100 valence electrons. The minimum atomic E-state index is -0.217. The summed E-state index contributed by atoms with van der Waals surface area (Å²) in [4.78, 5) is 2.24. The van der Waals surface area contributed by atoms with Gasteiger partial charge in [0, 0.05) is 13.1 Å². The number of aryl methyl sites for hydroxylation is 1. The van der Waals surface area contributed by atoms with Crippen LogP contribution in [0, 0.1) is 12.7 Å². The topological polar surface area (TPSA) is 29.3 Å². The number of nitrogen functional groups attached to an aromatic ring is 1. The van der Waals surface area contributed by atoms with Crippen LogP contribution < -0.4 is 10.6 Å². The van der Waals surface area contributed by atoms with Gasteiger partial charge in [0.2, 0.25) is 0 Å². The van der Waals surface area contributed by atoms with Crippen molar-refractivity contribution in [3.8, 4) is 0 Å². The zero-order chi connectivity index (χ0) is 13.1. The van der Waals surface area contributed by atoms with Crippen LogP contribution in [0.1, 0.15) is 44.1 Å². The summed E-state index contributed by atoms with van der Waals surface area (Å²) >= 11 is 0. The zero-order valence-corrected chi connectivity index (χ0v) is 11.4. The molecule has 0 spiro atoms. The fourth-order valence-electron chi connectivity index (χ4n) is 2.83. The first-order chi connectivity index (χ1) is 8.59. The smallest absolute Gasteiger partial charge is 0.128 e. The van der Waals surface area contributed by atoms with E-state index in [4.69, 9.17) is 5.73 Å². The van der Waals surface area contributed by atoms with Gasteiger partial charge >= 0.3 is 0 Å². The fourth-order valence-corrected chi connectivity index (χ4v) is 2.83. The van der Waals surface area contributed by atoms with E-state index in [0.29, 0.717) is 17.3 Å². The van der Waals surface area contributed by atoms with Crippen molar-refractivity contribution in [2.24, 2.45) is 0 Å². The number of hydrogen-bond donors (Lipinski definition) is 1. The average Bonchev–Trinajstić information content (AvgIpc) is 2.61. The molecule has 1 fully saturated rings. The number of nitrogens with two attached hydrogens (primary N) is 1. The second-order valence-corrected chi connectivity index (χ2v) is 5.42. The number of benzene rings is 1. The van der Waals surface area contributed by atoms with E-state index in [2.05, 4.69) is 11.9 Å². The van der Waals surface area contributed by atoms with Crippen LogP contribution in [0.3, 0.4) is 0 Å². The van der Waals surface area contributed by atoms with E-state index >= 15 is 0 Å². The lowest BCUT2D eigenvalue weighted by Crippen LogP contribution is -2.31. The summed E-state index contributed by atoms with van der Waals surface area (Å²) in [5, 5.41) is 0. The van der Waals surface area contributed by atoms with Crippen molar-refractivity contribution in [1.29, 1.82) is 0 Å². The molecule has 0 amide bonds. The minimum Gasteiger partial charge on any atom is -0.397 e. The Balaban J connectivity index is 2.21. The lowest BCUT2D eigenvalue weighted by Gasteiger charge is -2.30. The maximum absolute atomic E-state index is 13.4. The number of anilines is 2. The molecule has 1 aliphatic carbocycles. The third-order valence-electron chi connectivity index (χ3n) is 4.06. The van der Waals surface area contributed by atoms with E-state index < -0.39 is 0 Å². The molecule has 1 saturated carbocycles. The summed E-state index contributed by atoms with van der Waals surface area (Å²) in [6.07, 6.45) is 7.67. The van der Waals surface area contributed by atoms with Crippen molar-refractivity contribution in [2.75, 3.05) is 17.7 Å². The van der Waals surface area contributed by atoms with Gasteiger partial charge in [0.05, 0.1) is 11.4 Å². The first-order valence-electron chi connectivity index (χ1n) is 6.88. The summed E-state index contributed by atoms with van der Waals surface area (Å²) in [6, 6.07) is 3.85. The Morgan fingerprint density at radius 1 is 1.17 bits per heavy atom. The van der Waals surface area contributed by atoms with Gasteiger partial charge in [-0.3, -0.25) is 0 Å². The molecule has 0 saturated heterocycles. The van der Waals surface area contributed by atoms with E-state index in [0.717, 1.165) is 5.69 Å². The van der Waals surface area contributed by atoms with Crippen LogP contribution in [-0.2, 0) is 0 Å². The first kappa shape index (κ1) is 13.2. The van der Waals surface area contributed by atoms with Crippen molar-refractivity contribution >= 4 is 11.4 Å². The monoisotopic (exact) mass is 250 g/mol. The molecule has 3 heteroatoms. The predicted molar refractivity (Wildman–Crippen MR) is 75.4 cm³/mol. The van der Waals surface area contributed by atoms with E-state index in [-0.39, 0.29) is 5.82 Å². The second-order valence-electron chi connectivity index (χ2n) is 5.42. The zero-order valence-electron chi connectivity index (χ0n) is 11.4. The summed E-state index contributed by atoms with van der Waals surface area (Å²) in [7, 11) is 2.08. The van der Waals surface area contributed by atoms with Gasteiger partial charge in [0.1, 0.15) is 5.82 Å². The highest BCUT2D eigenvalue weighted by molar-refractivity contribution is 5.68. The number of hydrogen-bond acceptors (Lipinski definition) is 2. The highest BCUT2D eigenvalue weighted by Gasteiger charge is 2.19. The third kappa shape index (κ3) is 2.77. The molecule has 0 bridgehead atoms. The highest BCUT2D eigenvalue weighted by Crippen LogP contribution is 2.31. The van der Waals surface area contributed by atoms with Crippen molar-refractivity contribution in [3.63, 3.8) is 0 Å². The molecule has 1 aromatic carbocycles. The van der Waals surface area contributed by atoms with Crippen LogP contribution in [0.5, 0.6) is 0 Å². The molecule has 0 unspecified atom stereocenters. The van der Waals surface area contributed by atoms with Gasteiger partial charge in [0.25, 0.3) is 0 Å². The third-order valence-corrected chi connectivity index (χ3v) is 4.06. The van der Waals surface area contributed by atoms with Gasteiger partial charge in [-0.15, -0.1) is 0 Å². The molecule has 18 heavy (non-hydrogen) atoms.